The average molecular weight is 348 g/mol. The van der Waals surface area contributed by atoms with Gasteiger partial charge in [-0.3, -0.25) is 9.59 Å². The van der Waals surface area contributed by atoms with E-state index in [1.54, 1.807) is 32.5 Å². The fourth-order valence-electron chi connectivity index (χ4n) is 3.69. The van der Waals surface area contributed by atoms with Crippen LogP contribution in [0.4, 0.5) is 5.69 Å². The van der Waals surface area contributed by atoms with E-state index in [1.807, 2.05) is 30.3 Å². The van der Waals surface area contributed by atoms with Crippen molar-refractivity contribution in [1.29, 1.82) is 0 Å². The molecule has 2 aromatic carbocycles. The minimum absolute atomic E-state index is 0.189. The fraction of sp³-hybridized carbons (Fsp3) is 0.238. The van der Waals surface area contributed by atoms with Gasteiger partial charge in [-0.15, -0.1) is 0 Å². The maximum atomic E-state index is 13.1. The van der Waals surface area contributed by atoms with Crippen molar-refractivity contribution >= 4 is 22.5 Å². The number of benzene rings is 2. The van der Waals surface area contributed by atoms with E-state index in [9.17, 15) is 9.59 Å². The minimum Gasteiger partial charge on any atom is -0.497 e. The van der Waals surface area contributed by atoms with Crippen LogP contribution >= 0.6 is 0 Å². The fourth-order valence-corrected chi connectivity index (χ4v) is 3.69. The summed E-state index contributed by atoms with van der Waals surface area (Å²) in [6, 6.07) is 13.2. The monoisotopic (exact) mass is 348 g/mol. The Hall–Kier alpha value is -3.08. The lowest BCUT2D eigenvalue weighted by atomic mass is 10.1. The molecule has 1 aromatic heterocycles. The quantitative estimate of drug-likeness (QED) is 0.729. The highest BCUT2D eigenvalue weighted by molar-refractivity contribution is 6.07. The first-order chi connectivity index (χ1) is 12.5. The van der Waals surface area contributed by atoms with Crippen LogP contribution in [0.5, 0.6) is 5.75 Å². The zero-order chi connectivity index (χ0) is 18.4. The first kappa shape index (κ1) is 16.4. The van der Waals surface area contributed by atoms with E-state index in [-0.39, 0.29) is 22.9 Å². The molecule has 3 aromatic rings. The number of ether oxygens (including phenoxy) is 1. The van der Waals surface area contributed by atoms with Gasteiger partial charge in [0.2, 0.25) is 5.43 Å². The molecule has 1 unspecified atom stereocenters. The molecule has 4 rings (SSSR count). The van der Waals surface area contributed by atoms with Gasteiger partial charge in [-0.1, -0.05) is 18.2 Å². The molecule has 5 heteroatoms. The number of carbonyl (C=O) groups is 1. The SMILES string of the molecule is COc1cccc(N(C)C(=O)c2cn3c4c(cccc4c2=O)CC3C)c1. The maximum Gasteiger partial charge on any atom is 0.263 e. The van der Waals surface area contributed by atoms with E-state index in [4.69, 9.17) is 4.74 Å². The van der Waals surface area contributed by atoms with E-state index < -0.39 is 0 Å². The van der Waals surface area contributed by atoms with Crippen LogP contribution in [0.1, 0.15) is 28.9 Å². The average Bonchev–Trinajstić information content (AvgIpc) is 2.99. The topological polar surface area (TPSA) is 51.5 Å². The molecule has 0 saturated carbocycles. The van der Waals surface area contributed by atoms with E-state index in [2.05, 4.69) is 11.5 Å². The van der Waals surface area contributed by atoms with Gasteiger partial charge in [-0.05, 0) is 37.1 Å². The highest BCUT2D eigenvalue weighted by Crippen LogP contribution is 2.31. The van der Waals surface area contributed by atoms with Crippen LogP contribution in [-0.2, 0) is 6.42 Å². The summed E-state index contributed by atoms with van der Waals surface area (Å²) >= 11 is 0. The van der Waals surface area contributed by atoms with Gasteiger partial charge in [0, 0.05) is 36.4 Å². The van der Waals surface area contributed by atoms with Gasteiger partial charge in [0.05, 0.1) is 12.6 Å². The summed E-state index contributed by atoms with van der Waals surface area (Å²) in [5.74, 6) is 0.340. The normalized spacial score (nSPS) is 15.3. The number of hydrogen-bond acceptors (Lipinski definition) is 3. The summed E-state index contributed by atoms with van der Waals surface area (Å²) in [6.07, 6.45) is 2.59. The lowest BCUT2D eigenvalue weighted by molar-refractivity contribution is 0.0991. The van der Waals surface area contributed by atoms with E-state index in [1.165, 1.54) is 4.90 Å². The number of nitrogens with zero attached hydrogens (tertiary/aromatic N) is 2. The molecule has 1 aliphatic heterocycles. The first-order valence-electron chi connectivity index (χ1n) is 8.60. The second-order valence-electron chi connectivity index (χ2n) is 6.71. The van der Waals surface area contributed by atoms with Gasteiger partial charge in [-0.2, -0.15) is 0 Å². The second-order valence-corrected chi connectivity index (χ2v) is 6.71. The molecular weight excluding hydrogens is 328 g/mol. The van der Waals surface area contributed by atoms with Gasteiger partial charge in [0.25, 0.3) is 5.91 Å². The molecule has 0 aliphatic carbocycles. The lowest BCUT2D eigenvalue weighted by Gasteiger charge is -2.19. The highest BCUT2D eigenvalue weighted by atomic mass is 16.5. The third-order valence-electron chi connectivity index (χ3n) is 5.10. The zero-order valence-corrected chi connectivity index (χ0v) is 15.0. The molecule has 132 valence electrons. The summed E-state index contributed by atoms with van der Waals surface area (Å²) in [5, 5.41) is 0.608. The molecule has 1 atom stereocenters. The highest BCUT2D eigenvalue weighted by Gasteiger charge is 2.26. The molecule has 1 amide bonds. The van der Waals surface area contributed by atoms with Crippen LogP contribution in [0, 0.1) is 0 Å². The van der Waals surface area contributed by atoms with E-state index in [0.717, 1.165) is 17.5 Å². The van der Waals surface area contributed by atoms with Crippen molar-refractivity contribution in [3.8, 4) is 5.75 Å². The number of hydrogen-bond donors (Lipinski definition) is 0. The standard InChI is InChI=1S/C21H20N2O3/c1-13-10-14-6-4-9-17-19(14)23(13)12-18(20(17)24)21(25)22(2)15-7-5-8-16(11-15)26-3/h4-9,11-13H,10H2,1-3H3. The number of amides is 1. The van der Waals surface area contributed by atoms with Crippen molar-refractivity contribution in [2.24, 2.45) is 0 Å². The predicted octanol–water partition coefficient (Wildman–Crippen LogP) is 3.40. The molecule has 5 nitrogen and oxygen atoms in total. The Kier molecular flexibility index (Phi) is 3.80. The van der Waals surface area contributed by atoms with Crippen molar-refractivity contribution in [1.82, 2.24) is 4.57 Å². The van der Waals surface area contributed by atoms with Gasteiger partial charge in [0.15, 0.2) is 0 Å². The second kappa shape index (κ2) is 6.02. The number of carbonyl (C=O) groups excluding carboxylic acids is 1. The van der Waals surface area contributed by atoms with Gasteiger partial charge in [0.1, 0.15) is 11.3 Å². The largest absolute Gasteiger partial charge is 0.497 e. The van der Waals surface area contributed by atoms with Crippen LogP contribution in [0.2, 0.25) is 0 Å². The summed E-state index contributed by atoms with van der Waals surface area (Å²) in [5.41, 5.74) is 2.76. The number of methoxy groups -OCH3 is 1. The van der Waals surface area contributed by atoms with E-state index >= 15 is 0 Å². The Morgan fingerprint density at radius 1 is 1.23 bits per heavy atom. The predicted molar refractivity (Wildman–Crippen MR) is 102 cm³/mol. The molecule has 0 spiro atoms. The third-order valence-corrected chi connectivity index (χ3v) is 5.10. The Bertz CT molecular complexity index is 1080. The van der Waals surface area contributed by atoms with Crippen molar-refractivity contribution in [2.45, 2.75) is 19.4 Å². The Balaban J connectivity index is 1.84. The number of rotatable bonds is 3. The summed E-state index contributed by atoms with van der Waals surface area (Å²) < 4.78 is 7.28. The van der Waals surface area contributed by atoms with E-state index in [0.29, 0.717) is 16.8 Å². The van der Waals surface area contributed by atoms with Crippen molar-refractivity contribution in [3.63, 3.8) is 0 Å². The van der Waals surface area contributed by atoms with Crippen LogP contribution in [0.25, 0.3) is 10.9 Å². The van der Waals surface area contributed by atoms with Crippen LogP contribution in [-0.4, -0.2) is 24.6 Å². The van der Waals surface area contributed by atoms with Crippen LogP contribution < -0.4 is 15.1 Å². The van der Waals surface area contributed by atoms with Crippen LogP contribution in [0.3, 0.4) is 0 Å². The molecule has 0 fully saturated rings. The summed E-state index contributed by atoms with van der Waals surface area (Å²) in [7, 11) is 3.25. The first-order valence-corrected chi connectivity index (χ1v) is 8.60. The maximum absolute atomic E-state index is 13.1. The van der Waals surface area contributed by atoms with Gasteiger partial charge >= 0.3 is 0 Å². The number of aromatic nitrogens is 1. The van der Waals surface area contributed by atoms with Gasteiger partial charge < -0.3 is 14.2 Å². The summed E-state index contributed by atoms with van der Waals surface area (Å²) in [6.45, 7) is 2.10. The lowest BCUT2D eigenvalue weighted by Crippen LogP contribution is -2.31. The molecule has 0 N–H and O–H groups in total. The van der Waals surface area contributed by atoms with Crippen molar-refractivity contribution < 1.29 is 9.53 Å². The third kappa shape index (κ3) is 2.39. The molecule has 26 heavy (non-hydrogen) atoms. The number of para-hydroxylation sites is 1. The van der Waals surface area contributed by atoms with Crippen molar-refractivity contribution in [2.75, 3.05) is 19.1 Å². The summed E-state index contributed by atoms with van der Waals surface area (Å²) in [4.78, 5) is 27.5. The molecule has 2 heterocycles. The number of pyridine rings is 1. The Morgan fingerprint density at radius 3 is 2.77 bits per heavy atom. The Labute approximate surface area is 151 Å². The molecule has 0 bridgehead atoms. The zero-order valence-electron chi connectivity index (χ0n) is 15.0. The smallest absolute Gasteiger partial charge is 0.263 e. The molecule has 0 saturated heterocycles. The number of anilines is 1. The molecule has 1 aliphatic rings. The van der Waals surface area contributed by atoms with Crippen molar-refractivity contribution in [3.05, 3.63) is 70.0 Å². The van der Waals surface area contributed by atoms with Gasteiger partial charge in [-0.25, -0.2) is 0 Å². The molecular formula is C21H20N2O3. The minimum atomic E-state index is -0.321. The Morgan fingerprint density at radius 2 is 2.00 bits per heavy atom. The molecule has 0 radical (unpaired) electrons. The van der Waals surface area contributed by atoms with Crippen LogP contribution in [0.15, 0.2) is 53.5 Å².